The normalized spacial score (nSPS) is 10.1. The molecular formula is C8H9N5O. The number of hydrogen-bond donors (Lipinski definition) is 2. The Morgan fingerprint density at radius 3 is 3.00 bits per heavy atom. The van der Waals surface area contributed by atoms with Gasteiger partial charge in [0.15, 0.2) is 0 Å². The van der Waals surface area contributed by atoms with E-state index in [1.807, 2.05) is 0 Å². The number of aromatic nitrogens is 4. The van der Waals surface area contributed by atoms with Gasteiger partial charge in [-0.05, 0) is 0 Å². The molecule has 6 heteroatoms. The Kier molecular flexibility index (Phi) is 2.02. The first kappa shape index (κ1) is 8.49. The average molecular weight is 191 g/mol. The number of anilines is 1. The largest absolute Gasteiger partial charge is 0.319 e. The van der Waals surface area contributed by atoms with Crippen LogP contribution in [0.2, 0.25) is 0 Å². The fourth-order valence-corrected chi connectivity index (χ4v) is 1.06. The molecule has 0 atom stereocenters. The summed E-state index contributed by atoms with van der Waals surface area (Å²) in [7, 11) is 1.79. The van der Waals surface area contributed by atoms with E-state index in [1.165, 1.54) is 12.4 Å². The van der Waals surface area contributed by atoms with Crippen molar-refractivity contribution in [1.29, 1.82) is 0 Å². The number of rotatable bonds is 2. The third-order valence-corrected chi connectivity index (χ3v) is 1.72. The van der Waals surface area contributed by atoms with Gasteiger partial charge >= 0.3 is 0 Å². The second-order valence-electron chi connectivity index (χ2n) is 2.84. The number of carbonyl (C=O) groups is 1. The van der Waals surface area contributed by atoms with Crippen molar-refractivity contribution in [3.63, 3.8) is 0 Å². The molecule has 14 heavy (non-hydrogen) atoms. The highest BCUT2D eigenvalue weighted by Crippen LogP contribution is 2.05. The molecule has 2 rings (SSSR count). The van der Waals surface area contributed by atoms with E-state index < -0.39 is 0 Å². The number of aromatic amines is 1. The van der Waals surface area contributed by atoms with Crippen LogP contribution in [0.5, 0.6) is 0 Å². The van der Waals surface area contributed by atoms with Crippen LogP contribution in [-0.4, -0.2) is 25.9 Å². The topological polar surface area (TPSA) is 75.6 Å². The Morgan fingerprint density at radius 1 is 1.57 bits per heavy atom. The third kappa shape index (κ3) is 1.63. The van der Waals surface area contributed by atoms with Crippen LogP contribution in [-0.2, 0) is 7.05 Å². The Labute approximate surface area is 79.9 Å². The molecule has 72 valence electrons. The fraction of sp³-hybridized carbons (Fsp3) is 0.125. The molecule has 0 radical (unpaired) electrons. The molecule has 0 saturated heterocycles. The smallest absolute Gasteiger partial charge is 0.258 e. The first-order chi connectivity index (χ1) is 6.75. The van der Waals surface area contributed by atoms with Crippen molar-refractivity contribution in [3.05, 3.63) is 30.4 Å². The lowest BCUT2D eigenvalue weighted by molar-refractivity contribution is 0.102. The second kappa shape index (κ2) is 3.33. The van der Waals surface area contributed by atoms with E-state index in [4.69, 9.17) is 0 Å². The van der Waals surface area contributed by atoms with Gasteiger partial charge in [-0.25, -0.2) is 0 Å². The van der Waals surface area contributed by atoms with Crippen molar-refractivity contribution in [3.8, 4) is 0 Å². The minimum Gasteiger partial charge on any atom is -0.319 e. The molecule has 0 aromatic carbocycles. The van der Waals surface area contributed by atoms with Gasteiger partial charge in [-0.15, -0.1) is 0 Å². The quantitative estimate of drug-likeness (QED) is 0.721. The van der Waals surface area contributed by atoms with Crippen LogP contribution < -0.4 is 5.32 Å². The number of hydrogen-bond acceptors (Lipinski definition) is 3. The molecule has 2 heterocycles. The van der Waals surface area contributed by atoms with Crippen molar-refractivity contribution in [2.24, 2.45) is 7.05 Å². The number of nitrogens with zero attached hydrogens (tertiary/aromatic N) is 3. The van der Waals surface area contributed by atoms with Crippen LogP contribution in [0.1, 0.15) is 10.4 Å². The molecule has 0 aliphatic heterocycles. The molecule has 2 N–H and O–H groups in total. The maximum Gasteiger partial charge on any atom is 0.258 e. The summed E-state index contributed by atoms with van der Waals surface area (Å²) < 4.78 is 1.62. The maximum absolute atomic E-state index is 11.5. The van der Waals surface area contributed by atoms with E-state index in [0.29, 0.717) is 11.3 Å². The summed E-state index contributed by atoms with van der Waals surface area (Å²) in [5.41, 5.74) is 1.16. The Morgan fingerprint density at radius 2 is 2.43 bits per heavy atom. The van der Waals surface area contributed by atoms with Crippen molar-refractivity contribution in [2.45, 2.75) is 0 Å². The van der Waals surface area contributed by atoms with Gasteiger partial charge in [-0.2, -0.15) is 10.2 Å². The molecular weight excluding hydrogens is 182 g/mol. The van der Waals surface area contributed by atoms with Crippen molar-refractivity contribution in [2.75, 3.05) is 5.32 Å². The molecule has 2 aromatic rings. The summed E-state index contributed by atoms with van der Waals surface area (Å²) in [6, 6.07) is 0. The molecule has 2 aromatic heterocycles. The molecule has 0 fully saturated rings. The Hall–Kier alpha value is -2.11. The first-order valence-electron chi connectivity index (χ1n) is 4.04. The van der Waals surface area contributed by atoms with Crippen LogP contribution in [0.15, 0.2) is 24.8 Å². The summed E-state index contributed by atoms with van der Waals surface area (Å²) in [5, 5.41) is 12.9. The van der Waals surface area contributed by atoms with Gasteiger partial charge < -0.3 is 5.32 Å². The van der Waals surface area contributed by atoms with Gasteiger partial charge in [0.2, 0.25) is 0 Å². The Balaban J connectivity index is 2.09. The highest BCUT2D eigenvalue weighted by Gasteiger charge is 2.07. The monoisotopic (exact) mass is 191 g/mol. The van der Waals surface area contributed by atoms with Gasteiger partial charge in [0.25, 0.3) is 5.91 Å². The third-order valence-electron chi connectivity index (χ3n) is 1.72. The molecule has 0 aliphatic carbocycles. The van der Waals surface area contributed by atoms with Crippen LogP contribution in [0.25, 0.3) is 0 Å². The van der Waals surface area contributed by atoms with Gasteiger partial charge in [0.05, 0.1) is 23.6 Å². The molecule has 6 nitrogen and oxygen atoms in total. The first-order valence-corrected chi connectivity index (χ1v) is 4.04. The minimum absolute atomic E-state index is 0.202. The van der Waals surface area contributed by atoms with Gasteiger partial charge in [0.1, 0.15) is 0 Å². The van der Waals surface area contributed by atoms with E-state index in [2.05, 4.69) is 20.6 Å². The SMILES string of the molecule is Cn1cc(NC(=O)c2cn[nH]c2)cn1. The summed E-state index contributed by atoms with van der Waals surface area (Å²) in [4.78, 5) is 11.5. The van der Waals surface area contributed by atoms with Crippen molar-refractivity contribution < 1.29 is 4.79 Å². The lowest BCUT2D eigenvalue weighted by Crippen LogP contribution is -2.10. The number of H-pyrrole nitrogens is 1. The fourth-order valence-electron chi connectivity index (χ4n) is 1.06. The van der Waals surface area contributed by atoms with E-state index >= 15 is 0 Å². The molecule has 0 spiro atoms. The highest BCUT2D eigenvalue weighted by atomic mass is 16.1. The number of aryl methyl sites for hydroxylation is 1. The predicted molar refractivity (Wildman–Crippen MR) is 49.7 cm³/mol. The molecule has 0 unspecified atom stereocenters. The Bertz CT molecular complexity index is 430. The van der Waals surface area contributed by atoms with E-state index in [0.717, 1.165) is 0 Å². The highest BCUT2D eigenvalue weighted by molar-refractivity contribution is 6.03. The van der Waals surface area contributed by atoms with Gasteiger partial charge in [-0.3, -0.25) is 14.6 Å². The maximum atomic E-state index is 11.5. The zero-order valence-electron chi connectivity index (χ0n) is 7.56. The van der Waals surface area contributed by atoms with Crippen LogP contribution in [0.3, 0.4) is 0 Å². The van der Waals surface area contributed by atoms with Crippen molar-refractivity contribution in [1.82, 2.24) is 20.0 Å². The number of nitrogens with one attached hydrogen (secondary N) is 2. The summed E-state index contributed by atoms with van der Waals surface area (Å²) in [5.74, 6) is -0.202. The summed E-state index contributed by atoms with van der Waals surface area (Å²) in [6.45, 7) is 0. The average Bonchev–Trinajstić information content (AvgIpc) is 2.75. The van der Waals surface area contributed by atoms with Crippen molar-refractivity contribution >= 4 is 11.6 Å². The molecule has 0 bridgehead atoms. The number of amides is 1. The lowest BCUT2D eigenvalue weighted by Gasteiger charge is -1.97. The van der Waals surface area contributed by atoms with E-state index in [-0.39, 0.29) is 5.91 Å². The van der Waals surface area contributed by atoms with E-state index in [1.54, 1.807) is 24.1 Å². The minimum atomic E-state index is -0.202. The zero-order chi connectivity index (χ0) is 9.97. The second-order valence-corrected chi connectivity index (χ2v) is 2.84. The van der Waals surface area contributed by atoms with Crippen LogP contribution >= 0.6 is 0 Å². The summed E-state index contributed by atoms with van der Waals surface area (Å²) in [6.07, 6.45) is 6.30. The molecule has 0 saturated carbocycles. The van der Waals surface area contributed by atoms with Crippen LogP contribution in [0.4, 0.5) is 5.69 Å². The summed E-state index contributed by atoms with van der Waals surface area (Å²) >= 11 is 0. The van der Waals surface area contributed by atoms with Gasteiger partial charge in [0, 0.05) is 19.4 Å². The van der Waals surface area contributed by atoms with Crippen LogP contribution in [0, 0.1) is 0 Å². The number of carbonyl (C=O) groups excluding carboxylic acids is 1. The standard InChI is InChI=1S/C8H9N5O/c1-13-5-7(4-11-13)12-8(14)6-2-9-10-3-6/h2-5H,1H3,(H,9,10)(H,12,14). The molecule has 1 amide bonds. The van der Waals surface area contributed by atoms with E-state index in [9.17, 15) is 4.79 Å². The predicted octanol–water partition coefficient (Wildman–Crippen LogP) is 0.395. The van der Waals surface area contributed by atoms with Gasteiger partial charge in [-0.1, -0.05) is 0 Å². The lowest BCUT2D eigenvalue weighted by atomic mass is 10.3. The molecule has 0 aliphatic rings. The zero-order valence-corrected chi connectivity index (χ0v) is 7.56.